The van der Waals surface area contributed by atoms with Gasteiger partial charge in [-0.05, 0) is 48.3 Å². The van der Waals surface area contributed by atoms with Crippen LogP contribution in [0.4, 0.5) is 0 Å². The predicted octanol–water partition coefficient (Wildman–Crippen LogP) is 9.83. The third kappa shape index (κ3) is 10.7. The van der Waals surface area contributed by atoms with Crippen molar-refractivity contribution in [1.29, 1.82) is 0 Å². The molecule has 0 bridgehead atoms. The SMILES string of the molecule is C=CC(CC)(CCCC)CC(CCC)CCCCC(CCC)C(C)C(C)C. The average Bonchev–Trinajstić information content (AvgIpc) is 2.66. The van der Waals surface area contributed by atoms with E-state index in [-0.39, 0.29) is 0 Å². The van der Waals surface area contributed by atoms with Gasteiger partial charge in [-0.15, -0.1) is 6.58 Å². The number of rotatable bonds is 18. The Labute approximate surface area is 174 Å². The third-order valence-electron chi connectivity index (χ3n) is 7.45. The van der Waals surface area contributed by atoms with E-state index in [0.29, 0.717) is 5.41 Å². The molecule has 0 amide bonds. The lowest BCUT2D eigenvalue weighted by Crippen LogP contribution is -2.22. The second-order valence-corrected chi connectivity index (χ2v) is 9.82. The Balaban J connectivity index is 4.61. The number of hydrogen-bond acceptors (Lipinski definition) is 0. The lowest BCUT2D eigenvalue weighted by molar-refractivity contribution is 0.216. The van der Waals surface area contributed by atoms with E-state index in [1.54, 1.807) is 0 Å². The van der Waals surface area contributed by atoms with Gasteiger partial charge in [0, 0.05) is 0 Å². The Morgan fingerprint density at radius 1 is 0.778 bits per heavy atom. The van der Waals surface area contributed by atoms with Crippen molar-refractivity contribution in [2.24, 2.45) is 29.1 Å². The van der Waals surface area contributed by atoms with Crippen LogP contribution in [-0.4, -0.2) is 0 Å². The molecule has 4 atom stereocenters. The smallest absolute Gasteiger partial charge is 0.0121 e. The Morgan fingerprint density at radius 2 is 1.41 bits per heavy atom. The Bertz CT molecular complexity index is 342. The van der Waals surface area contributed by atoms with Crippen LogP contribution < -0.4 is 0 Å². The molecule has 0 aliphatic heterocycles. The molecular weight excluding hydrogens is 324 g/mol. The summed E-state index contributed by atoms with van der Waals surface area (Å²) in [6.07, 6.45) is 20.2. The molecule has 0 aromatic heterocycles. The molecule has 0 rings (SSSR count). The van der Waals surface area contributed by atoms with Gasteiger partial charge in [0.25, 0.3) is 0 Å². The first kappa shape index (κ1) is 26.7. The highest BCUT2D eigenvalue weighted by Gasteiger charge is 2.27. The molecule has 0 heteroatoms. The monoisotopic (exact) mass is 378 g/mol. The maximum atomic E-state index is 4.25. The zero-order chi connectivity index (χ0) is 20.7. The molecule has 0 nitrogen and oxygen atoms in total. The molecule has 0 saturated heterocycles. The molecule has 0 aromatic rings. The van der Waals surface area contributed by atoms with Crippen molar-refractivity contribution in [3.63, 3.8) is 0 Å². The van der Waals surface area contributed by atoms with Crippen LogP contribution >= 0.6 is 0 Å². The van der Waals surface area contributed by atoms with E-state index in [9.17, 15) is 0 Å². The second kappa shape index (κ2) is 15.6. The fourth-order valence-electron chi connectivity index (χ4n) is 5.04. The maximum Gasteiger partial charge on any atom is -0.0121 e. The standard InChI is InChI=1S/C27H54/c1-9-14-21-27(12-4,13-5)22-25(17-10-2)19-15-16-20-26(18-11-3)24(8)23(6)7/h12,23-26H,4,9-11,13-22H2,1-3,5-8H3. The van der Waals surface area contributed by atoms with Gasteiger partial charge in [0.2, 0.25) is 0 Å². The van der Waals surface area contributed by atoms with Gasteiger partial charge in [0.1, 0.15) is 0 Å². The van der Waals surface area contributed by atoms with E-state index in [1.807, 2.05) is 0 Å². The Hall–Kier alpha value is -0.260. The van der Waals surface area contributed by atoms with Gasteiger partial charge >= 0.3 is 0 Å². The van der Waals surface area contributed by atoms with Crippen LogP contribution in [0, 0.1) is 29.1 Å². The number of unbranched alkanes of at least 4 members (excludes halogenated alkanes) is 2. The van der Waals surface area contributed by atoms with E-state index in [1.165, 1.54) is 83.5 Å². The zero-order valence-corrected chi connectivity index (χ0v) is 20.3. The highest BCUT2D eigenvalue weighted by atomic mass is 14.3. The van der Waals surface area contributed by atoms with Crippen LogP contribution in [0.2, 0.25) is 0 Å². The van der Waals surface area contributed by atoms with Crippen molar-refractivity contribution in [2.45, 2.75) is 132 Å². The van der Waals surface area contributed by atoms with Crippen LogP contribution in [0.3, 0.4) is 0 Å². The molecule has 0 aliphatic rings. The minimum absolute atomic E-state index is 0.396. The molecule has 4 unspecified atom stereocenters. The minimum atomic E-state index is 0.396. The quantitative estimate of drug-likeness (QED) is 0.164. The van der Waals surface area contributed by atoms with Gasteiger partial charge in [-0.3, -0.25) is 0 Å². The maximum absolute atomic E-state index is 4.25. The fourth-order valence-corrected chi connectivity index (χ4v) is 5.04. The van der Waals surface area contributed by atoms with Gasteiger partial charge in [-0.25, -0.2) is 0 Å². The first-order valence-corrected chi connectivity index (χ1v) is 12.5. The first-order valence-electron chi connectivity index (χ1n) is 12.5. The van der Waals surface area contributed by atoms with Crippen LogP contribution in [0.25, 0.3) is 0 Å². The molecule has 0 N–H and O–H groups in total. The summed E-state index contributed by atoms with van der Waals surface area (Å²) in [6.45, 7) is 21.0. The van der Waals surface area contributed by atoms with Crippen molar-refractivity contribution in [3.8, 4) is 0 Å². The van der Waals surface area contributed by atoms with Crippen molar-refractivity contribution >= 4 is 0 Å². The molecule has 0 spiro atoms. The van der Waals surface area contributed by atoms with Crippen LogP contribution in [0.15, 0.2) is 12.7 Å². The molecule has 0 radical (unpaired) electrons. The van der Waals surface area contributed by atoms with Gasteiger partial charge in [0.15, 0.2) is 0 Å². The molecular formula is C27H54. The van der Waals surface area contributed by atoms with Gasteiger partial charge in [-0.2, -0.15) is 0 Å². The summed E-state index contributed by atoms with van der Waals surface area (Å²) in [5, 5.41) is 0. The summed E-state index contributed by atoms with van der Waals surface area (Å²) in [4.78, 5) is 0. The molecule has 0 aliphatic carbocycles. The van der Waals surface area contributed by atoms with Crippen molar-refractivity contribution in [1.82, 2.24) is 0 Å². The summed E-state index contributed by atoms with van der Waals surface area (Å²) in [7, 11) is 0. The summed E-state index contributed by atoms with van der Waals surface area (Å²) >= 11 is 0. The molecule has 27 heavy (non-hydrogen) atoms. The summed E-state index contributed by atoms with van der Waals surface area (Å²) in [5.41, 5.74) is 0.396. The van der Waals surface area contributed by atoms with Crippen molar-refractivity contribution in [2.75, 3.05) is 0 Å². The van der Waals surface area contributed by atoms with Gasteiger partial charge in [-0.1, -0.05) is 119 Å². The van der Waals surface area contributed by atoms with Crippen molar-refractivity contribution < 1.29 is 0 Å². The van der Waals surface area contributed by atoms with Gasteiger partial charge < -0.3 is 0 Å². The normalized spacial score (nSPS) is 17.5. The van der Waals surface area contributed by atoms with E-state index in [2.05, 4.69) is 61.1 Å². The van der Waals surface area contributed by atoms with E-state index >= 15 is 0 Å². The molecule has 0 heterocycles. The topological polar surface area (TPSA) is 0 Å². The van der Waals surface area contributed by atoms with E-state index in [4.69, 9.17) is 0 Å². The Kier molecular flexibility index (Phi) is 15.5. The fraction of sp³-hybridized carbons (Fsp3) is 0.926. The zero-order valence-electron chi connectivity index (χ0n) is 20.3. The van der Waals surface area contributed by atoms with E-state index in [0.717, 1.165) is 23.7 Å². The number of allylic oxidation sites excluding steroid dienone is 1. The van der Waals surface area contributed by atoms with Crippen LogP contribution in [0.1, 0.15) is 132 Å². The Morgan fingerprint density at radius 3 is 1.89 bits per heavy atom. The molecule has 162 valence electrons. The summed E-state index contributed by atoms with van der Waals surface area (Å²) < 4.78 is 0. The van der Waals surface area contributed by atoms with Crippen LogP contribution in [-0.2, 0) is 0 Å². The lowest BCUT2D eigenvalue weighted by Gasteiger charge is -2.34. The predicted molar refractivity (Wildman–Crippen MR) is 126 cm³/mol. The lowest BCUT2D eigenvalue weighted by atomic mass is 9.71. The molecule has 0 aromatic carbocycles. The highest BCUT2D eigenvalue weighted by Crippen LogP contribution is 2.40. The van der Waals surface area contributed by atoms with E-state index < -0.39 is 0 Å². The molecule has 0 saturated carbocycles. The largest absolute Gasteiger partial charge is 0.103 e. The first-order chi connectivity index (χ1) is 12.9. The summed E-state index contributed by atoms with van der Waals surface area (Å²) in [6, 6.07) is 0. The summed E-state index contributed by atoms with van der Waals surface area (Å²) in [5.74, 6) is 3.54. The van der Waals surface area contributed by atoms with Gasteiger partial charge in [0.05, 0.1) is 0 Å². The second-order valence-electron chi connectivity index (χ2n) is 9.82. The molecule has 0 fully saturated rings. The minimum Gasteiger partial charge on any atom is -0.103 e. The van der Waals surface area contributed by atoms with Crippen LogP contribution in [0.5, 0.6) is 0 Å². The average molecular weight is 379 g/mol. The third-order valence-corrected chi connectivity index (χ3v) is 7.45. The number of hydrogen-bond donors (Lipinski definition) is 0. The van der Waals surface area contributed by atoms with Crippen molar-refractivity contribution in [3.05, 3.63) is 12.7 Å². The highest BCUT2D eigenvalue weighted by molar-refractivity contribution is 4.95.